The molecule has 0 radical (unpaired) electrons. The highest BCUT2D eigenvalue weighted by Crippen LogP contribution is 2.25. The summed E-state index contributed by atoms with van der Waals surface area (Å²) < 4.78 is 0. The van der Waals surface area contributed by atoms with E-state index in [1.54, 1.807) is 0 Å². The standard InChI is InChI=1S/C19H22N2O2.2ClH/c1-20(2)17-9-7-14(8-10-17)12-21-13-16-6-4-3-5-15(16)11-18(21)19(22)23;;/h3-10,18H,11-13H2,1-2H3,(H,22,23);2*1H. The molecule has 2 aromatic rings. The summed E-state index contributed by atoms with van der Waals surface area (Å²) in [5.74, 6) is -0.746. The predicted octanol–water partition coefficient (Wildman–Crippen LogP) is 3.61. The molecular formula is C19H24Cl2N2O2. The third kappa shape index (κ3) is 4.88. The molecule has 1 aliphatic heterocycles. The topological polar surface area (TPSA) is 43.8 Å². The second-order valence-corrected chi connectivity index (χ2v) is 6.29. The Labute approximate surface area is 161 Å². The first kappa shape index (κ1) is 21.3. The number of carboxylic acids is 1. The molecule has 25 heavy (non-hydrogen) atoms. The number of aliphatic carboxylic acids is 1. The zero-order valence-electron chi connectivity index (χ0n) is 14.4. The summed E-state index contributed by atoms with van der Waals surface area (Å²) in [6.45, 7) is 1.33. The van der Waals surface area contributed by atoms with Gasteiger partial charge in [0.2, 0.25) is 0 Å². The van der Waals surface area contributed by atoms with Crippen LogP contribution in [0, 0.1) is 0 Å². The van der Waals surface area contributed by atoms with E-state index in [1.807, 2.05) is 32.3 Å². The number of hydrogen-bond donors (Lipinski definition) is 1. The summed E-state index contributed by atoms with van der Waals surface area (Å²) in [4.78, 5) is 15.8. The first-order valence-electron chi connectivity index (χ1n) is 7.84. The van der Waals surface area contributed by atoms with Crippen molar-refractivity contribution in [2.45, 2.75) is 25.6 Å². The molecule has 0 bridgehead atoms. The van der Waals surface area contributed by atoms with Gasteiger partial charge in [0.15, 0.2) is 0 Å². The smallest absolute Gasteiger partial charge is 0.321 e. The van der Waals surface area contributed by atoms with Crippen LogP contribution in [0.5, 0.6) is 0 Å². The average molecular weight is 383 g/mol. The van der Waals surface area contributed by atoms with Crippen LogP contribution in [0.15, 0.2) is 48.5 Å². The van der Waals surface area contributed by atoms with Crippen LogP contribution < -0.4 is 4.90 Å². The molecule has 1 aliphatic rings. The monoisotopic (exact) mass is 382 g/mol. The lowest BCUT2D eigenvalue weighted by molar-refractivity contribution is -0.144. The number of carbonyl (C=O) groups is 1. The number of nitrogens with zero attached hydrogens (tertiary/aromatic N) is 2. The second-order valence-electron chi connectivity index (χ2n) is 6.29. The number of rotatable bonds is 4. The van der Waals surface area contributed by atoms with E-state index >= 15 is 0 Å². The molecule has 0 saturated carbocycles. The Balaban J connectivity index is 0.00000156. The van der Waals surface area contributed by atoms with E-state index < -0.39 is 12.0 Å². The summed E-state index contributed by atoms with van der Waals surface area (Å²) in [6, 6.07) is 16.0. The van der Waals surface area contributed by atoms with Crippen LogP contribution in [0.1, 0.15) is 16.7 Å². The summed E-state index contributed by atoms with van der Waals surface area (Å²) >= 11 is 0. The summed E-state index contributed by atoms with van der Waals surface area (Å²) in [6.07, 6.45) is 0.571. The van der Waals surface area contributed by atoms with Crippen molar-refractivity contribution in [1.29, 1.82) is 0 Å². The molecule has 0 saturated heterocycles. The van der Waals surface area contributed by atoms with Crippen molar-refractivity contribution in [2.75, 3.05) is 19.0 Å². The molecule has 0 aliphatic carbocycles. The van der Waals surface area contributed by atoms with E-state index in [2.05, 4.69) is 40.1 Å². The molecule has 1 heterocycles. The largest absolute Gasteiger partial charge is 0.480 e. The van der Waals surface area contributed by atoms with Gasteiger partial charge < -0.3 is 10.0 Å². The summed E-state index contributed by atoms with van der Waals surface area (Å²) in [7, 11) is 4.02. The Morgan fingerprint density at radius 3 is 2.24 bits per heavy atom. The summed E-state index contributed by atoms with van der Waals surface area (Å²) in [5, 5.41) is 9.58. The van der Waals surface area contributed by atoms with Crippen molar-refractivity contribution in [3.63, 3.8) is 0 Å². The van der Waals surface area contributed by atoms with Gasteiger partial charge >= 0.3 is 5.97 Å². The zero-order valence-corrected chi connectivity index (χ0v) is 16.0. The SMILES string of the molecule is CN(C)c1ccc(CN2Cc3ccccc3CC2C(=O)O)cc1.Cl.Cl. The van der Waals surface area contributed by atoms with Crippen molar-refractivity contribution >= 4 is 36.5 Å². The minimum absolute atomic E-state index is 0. The molecule has 0 fully saturated rings. The highest BCUT2D eigenvalue weighted by atomic mass is 35.5. The number of halogens is 2. The van der Waals surface area contributed by atoms with Gasteiger partial charge in [-0.2, -0.15) is 0 Å². The van der Waals surface area contributed by atoms with Gasteiger partial charge in [-0.05, 0) is 35.2 Å². The molecule has 1 atom stereocenters. The van der Waals surface area contributed by atoms with Crippen LogP contribution in [-0.2, 0) is 24.3 Å². The fourth-order valence-electron chi connectivity index (χ4n) is 3.12. The molecule has 2 aromatic carbocycles. The zero-order chi connectivity index (χ0) is 16.4. The van der Waals surface area contributed by atoms with Gasteiger partial charge in [0.25, 0.3) is 0 Å². The molecule has 4 nitrogen and oxygen atoms in total. The van der Waals surface area contributed by atoms with E-state index in [0.717, 1.165) is 16.8 Å². The molecule has 3 rings (SSSR count). The first-order chi connectivity index (χ1) is 11.0. The lowest BCUT2D eigenvalue weighted by Crippen LogP contribution is -2.44. The average Bonchev–Trinajstić information content (AvgIpc) is 2.54. The van der Waals surface area contributed by atoms with Gasteiger partial charge in [-0.1, -0.05) is 36.4 Å². The van der Waals surface area contributed by atoms with Crippen LogP contribution in [0.25, 0.3) is 0 Å². The minimum Gasteiger partial charge on any atom is -0.480 e. The van der Waals surface area contributed by atoms with Gasteiger partial charge in [0, 0.05) is 32.9 Å². The molecule has 136 valence electrons. The third-order valence-electron chi connectivity index (χ3n) is 4.47. The van der Waals surface area contributed by atoms with Gasteiger partial charge in [-0.25, -0.2) is 0 Å². The third-order valence-corrected chi connectivity index (χ3v) is 4.47. The van der Waals surface area contributed by atoms with E-state index in [0.29, 0.717) is 19.5 Å². The number of hydrogen-bond acceptors (Lipinski definition) is 3. The van der Waals surface area contributed by atoms with E-state index in [1.165, 1.54) is 5.56 Å². The number of fused-ring (bicyclic) bond motifs is 1. The highest BCUT2D eigenvalue weighted by Gasteiger charge is 2.31. The normalized spacial score (nSPS) is 16.2. The van der Waals surface area contributed by atoms with Crippen molar-refractivity contribution in [1.82, 2.24) is 4.90 Å². The lowest BCUT2D eigenvalue weighted by atomic mass is 9.93. The van der Waals surface area contributed by atoms with Crippen molar-refractivity contribution in [2.24, 2.45) is 0 Å². The maximum Gasteiger partial charge on any atom is 0.321 e. The van der Waals surface area contributed by atoms with E-state index in [9.17, 15) is 9.90 Å². The van der Waals surface area contributed by atoms with Crippen LogP contribution in [-0.4, -0.2) is 36.1 Å². The molecule has 1 N–H and O–H groups in total. The molecule has 0 aromatic heterocycles. The van der Waals surface area contributed by atoms with Gasteiger partial charge in [-0.3, -0.25) is 9.69 Å². The minimum atomic E-state index is -0.746. The Hall–Kier alpha value is -1.75. The van der Waals surface area contributed by atoms with Crippen LogP contribution in [0.4, 0.5) is 5.69 Å². The molecule has 0 spiro atoms. The number of benzene rings is 2. The van der Waals surface area contributed by atoms with E-state index in [4.69, 9.17) is 0 Å². The molecule has 1 unspecified atom stereocenters. The quantitative estimate of drug-likeness (QED) is 0.876. The van der Waals surface area contributed by atoms with E-state index in [-0.39, 0.29) is 24.8 Å². The van der Waals surface area contributed by atoms with Crippen LogP contribution in [0.3, 0.4) is 0 Å². The van der Waals surface area contributed by atoms with Crippen LogP contribution >= 0.6 is 24.8 Å². The van der Waals surface area contributed by atoms with Crippen molar-refractivity contribution in [3.05, 3.63) is 65.2 Å². The van der Waals surface area contributed by atoms with Crippen molar-refractivity contribution < 1.29 is 9.90 Å². The molecule has 6 heteroatoms. The first-order valence-corrected chi connectivity index (χ1v) is 7.84. The van der Waals surface area contributed by atoms with Gasteiger partial charge in [0.05, 0.1) is 0 Å². The molecule has 0 amide bonds. The Morgan fingerprint density at radius 1 is 1.08 bits per heavy atom. The Bertz CT molecular complexity index is 705. The predicted molar refractivity (Wildman–Crippen MR) is 106 cm³/mol. The summed E-state index contributed by atoms with van der Waals surface area (Å²) in [5.41, 5.74) is 4.67. The fraction of sp³-hybridized carbons (Fsp3) is 0.316. The highest BCUT2D eigenvalue weighted by molar-refractivity contribution is 5.85. The van der Waals surface area contributed by atoms with Crippen molar-refractivity contribution in [3.8, 4) is 0 Å². The van der Waals surface area contributed by atoms with Crippen LogP contribution in [0.2, 0.25) is 0 Å². The second kappa shape index (κ2) is 9.09. The Morgan fingerprint density at radius 2 is 1.68 bits per heavy atom. The molecular weight excluding hydrogens is 359 g/mol. The number of carboxylic acid groups (broad SMARTS) is 1. The maximum absolute atomic E-state index is 11.7. The van der Waals surface area contributed by atoms with Gasteiger partial charge in [-0.15, -0.1) is 24.8 Å². The fourth-order valence-corrected chi connectivity index (χ4v) is 3.12. The lowest BCUT2D eigenvalue weighted by Gasteiger charge is -2.34. The number of anilines is 1. The Kier molecular flexibility index (Phi) is 7.74. The maximum atomic E-state index is 11.7. The van der Waals surface area contributed by atoms with Gasteiger partial charge in [0.1, 0.15) is 6.04 Å².